The minimum atomic E-state index is 0.239. The second-order valence-corrected chi connectivity index (χ2v) is 6.69. The molecule has 0 bridgehead atoms. The van der Waals surface area contributed by atoms with Crippen molar-refractivity contribution in [3.8, 4) is 0 Å². The van der Waals surface area contributed by atoms with Crippen molar-refractivity contribution >= 4 is 22.9 Å². The summed E-state index contributed by atoms with van der Waals surface area (Å²) >= 11 is 7.74. The quantitative estimate of drug-likeness (QED) is 0.834. The Morgan fingerprint density at radius 3 is 2.26 bits per heavy atom. The number of thiophene rings is 1. The highest BCUT2D eigenvalue weighted by Crippen LogP contribution is 2.34. The molecule has 19 heavy (non-hydrogen) atoms. The number of halogens is 1. The molecule has 0 aliphatic rings. The minimum absolute atomic E-state index is 0.239. The third-order valence-electron chi connectivity index (χ3n) is 3.31. The zero-order valence-corrected chi connectivity index (χ0v) is 13.5. The van der Waals surface area contributed by atoms with Gasteiger partial charge in [0.25, 0.3) is 0 Å². The highest BCUT2D eigenvalue weighted by atomic mass is 35.5. The molecule has 0 spiro atoms. The summed E-state index contributed by atoms with van der Waals surface area (Å²) in [6.45, 7) is 9.60. The Morgan fingerprint density at radius 1 is 1.16 bits per heavy atom. The summed E-state index contributed by atoms with van der Waals surface area (Å²) in [7, 11) is 0. The Bertz CT molecular complexity index is 551. The lowest BCUT2D eigenvalue weighted by Crippen LogP contribution is -2.23. The maximum atomic E-state index is 6.09. The largest absolute Gasteiger partial charge is 0.306 e. The van der Waals surface area contributed by atoms with E-state index in [0.717, 1.165) is 10.9 Å². The van der Waals surface area contributed by atoms with E-state index in [1.165, 1.54) is 27.1 Å². The van der Waals surface area contributed by atoms with Gasteiger partial charge >= 0.3 is 0 Å². The predicted octanol–water partition coefficient (Wildman–Crippen LogP) is 5.03. The second-order valence-electron chi connectivity index (χ2n) is 4.94. The van der Waals surface area contributed by atoms with Gasteiger partial charge in [-0.1, -0.05) is 36.2 Å². The van der Waals surface area contributed by atoms with Crippen LogP contribution in [0.5, 0.6) is 0 Å². The van der Waals surface area contributed by atoms with Gasteiger partial charge in [-0.25, -0.2) is 0 Å². The lowest BCUT2D eigenvalue weighted by atomic mass is 9.93. The fraction of sp³-hybridized carbons (Fsp3) is 0.375. The zero-order valence-electron chi connectivity index (χ0n) is 11.9. The molecule has 102 valence electrons. The summed E-state index contributed by atoms with van der Waals surface area (Å²) in [5.74, 6) is 0. The summed E-state index contributed by atoms with van der Waals surface area (Å²) in [5, 5.41) is 3.58. The van der Waals surface area contributed by atoms with Crippen molar-refractivity contribution in [1.29, 1.82) is 0 Å². The molecular formula is C16H20ClNS. The molecule has 0 amide bonds. The normalized spacial score (nSPS) is 12.7. The topological polar surface area (TPSA) is 12.0 Å². The van der Waals surface area contributed by atoms with Crippen molar-refractivity contribution in [1.82, 2.24) is 5.32 Å². The van der Waals surface area contributed by atoms with Crippen LogP contribution in [-0.2, 0) is 0 Å². The van der Waals surface area contributed by atoms with Crippen molar-refractivity contribution < 1.29 is 0 Å². The summed E-state index contributed by atoms with van der Waals surface area (Å²) in [6, 6.07) is 8.84. The highest BCUT2D eigenvalue weighted by Gasteiger charge is 2.19. The van der Waals surface area contributed by atoms with E-state index in [2.05, 4.69) is 51.2 Å². The molecule has 2 rings (SSSR count). The van der Waals surface area contributed by atoms with E-state index in [4.69, 9.17) is 11.6 Å². The standard InChI is InChI=1S/C16H20ClNS/c1-5-18-16(13-6-7-14(17)19-13)15-11(3)8-10(2)9-12(15)4/h6-9,16,18H,5H2,1-4H3. The molecule has 3 heteroatoms. The van der Waals surface area contributed by atoms with Crippen molar-refractivity contribution in [2.24, 2.45) is 0 Å². The molecule has 1 atom stereocenters. The molecule has 1 aromatic carbocycles. The van der Waals surface area contributed by atoms with Gasteiger partial charge in [0.2, 0.25) is 0 Å². The molecule has 1 nitrogen and oxygen atoms in total. The van der Waals surface area contributed by atoms with Crippen LogP contribution in [0.25, 0.3) is 0 Å². The smallest absolute Gasteiger partial charge is 0.0931 e. The van der Waals surface area contributed by atoms with Crippen LogP contribution < -0.4 is 5.32 Å². The van der Waals surface area contributed by atoms with Gasteiger partial charge in [0.1, 0.15) is 0 Å². The van der Waals surface area contributed by atoms with Gasteiger partial charge in [-0.2, -0.15) is 0 Å². The van der Waals surface area contributed by atoms with Gasteiger partial charge in [-0.15, -0.1) is 11.3 Å². The summed E-state index contributed by atoms with van der Waals surface area (Å²) in [6.07, 6.45) is 0. The van der Waals surface area contributed by atoms with Crippen LogP contribution in [0.3, 0.4) is 0 Å². The van der Waals surface area contributed by atoms with E-state index in [1.54, 1.807) is 11.3 Å². The summed E-state index contributed by atoms with van der Waals surface area (Å²) in [5.41, 5.74) is 5.38. The first-order chi connectivity index (χ1) is 9.02. The van der Waals surface area contributed by atoms with Crippen LogP contribution in [-0.4, -0.2) is 6.54 Å². The molecule has 1 aromatic heterocycles. The summed E-state index contributed by atoms with van der Waals surface area (Å²) in [4.78, 5) is 1.28. The maximum absolute atomic E-state index is 6.09. The second kappa shape index (κ2) is 6.08. The van der Waals surface area contributed by atoms with Gasteiger partial charge in [0, 0.05) is 4.88 Å². The van der Waals surface area contributed by atoms with E-state index in [0.29, 0.717) is 0 Å². The van der Waals surface area contributed by atoms with Crippen molar-refractivity contribution in [2.75, 3.05) is 6.54 Å². The Morgan fingerprint density at radius 2 is 1.79 bits per heavy atom. The van der Waals surface area contributed by atoms with Crippen LogP contribution in [0.2, 0.25) is 4.34 Å². The first kappa shape index (κ1) is 14.6. The van der Waals surface area contributed by atoms with E-state index >= 15 is 0 Å². The predicted molar refractivity (Wildman–Crippen MR) is 85.5 cm³/mol. The van der Waals surface area contributed by atoms with E-state index < -0.39 is 0 Å². The van der Waals surface area contributed by atoms with E-state index in [-0.39, 0.29) is 6.04 Å². The van der Waals surface area contributed by atoms with Crippen LogP contribution in [0.1, 0.15) is 40.1 Å². The number of aryl methyl sites for hydroxylation is 3. The Hall–Kier alpha value is -0.830. The Kier molecular flexibility index (Phi) is 4.67. The Balaban J connectivity index is 2.51. The fourth-order valence-corrected chi connectivity index (χ4v) is 3.83. The molecule has 1 N–H and O–H groups in total. The molecular weight excluding hydrogens is 274 g/mol. The van der Waals surface area contributed by atoms with Gasteiger partial charge in [0.15, 0.2) is 0 Å². The third-order valence-corrected chi connectivity index (χ3v) is 4.61. The lowest BCUT2D eigenvalue weighted by Gasteiger charge is -2.22. The van der Waals surface area contributed by atoms with E-state index in [9.17, 15) is 0 Å². The van der Waals surface area contributed by atoms with Gasteiger partial charge < -0.3 is 5.32 Å². The number of hydrogen-bond acceptors (Lipinski definition) is 2. The number of nitrogens with one attached hydrogen (secondary N) is 1. The molecule has 1 heterocycles. The van der Waals surface area contributed by atoms with Crippen molar-refractivity contribution in [3.05, 3.63) is 55.7 Å². The molecule has 1 unspecified atom stereocenters. The maximum Gasteiger partial charge on any atom is 0.0931 e. The van der Waals surface area contributed by atoms with Crippen LogP contribution >= 0.6 is 22.9 Å². The zero-order chi connectivity index (χ0) is 14.0. The third kappa shape index (κ3) is 3.19. The molecule has 0 aliphatic heterocycles. The molecule has 2 aromatic rings. The number of rotatable bonds is 4. The molecule has 0 aliphatic carbocycles. The molecule has 0 saturated carbocycles. The highest BCUT2D eigenvalue weighted by molar-refractivity contribution is 7.16. The molecule has 0 fully saturated rings. The van der Waals surface area contributed by atoms with Crippen molar-refractivity contribution in [3.63, 3.8) is 0 Å². The summed E-state index contributed by atoms with van der Waals surface area (Å²) < 4.78 is 0.848. The van der Waals surface area contributed by atoms with Crippen LogP contribution in [0, 0.1) is 20.8 Å². The number of benzene rings is 1. The molecule has 0 radical (unpaired) electrons. The van der Waals surface area contributed by atoms with E-state index in [1.807, 2.05) is 6.07 Å². The van der Waals surface area contributed by atoms with Gasteiger partial charge in [-0.3, -0.25) is 0 Å². The number of hydrogen-bond donors (Lipinski definition) is 1. The first-order valence-electron chi connectivity index (χ1n) is 6.59. The average Bonchev–Trinajstić information content (AvgIpc) is 2.73. The SMILES string of the molecule is CCNC(c1ccc(Cl)s1)c1c(C)cc(C)cc1C. The lowest BCUT2D eigenvalue weighted by molar-refractivity contribution is 0.633. The van der Waals surface area contributed by atoms with Crippen LogP contribution in [0.4, 0.5) is 0 Å². The van der Waals surface area contributed by atoms with Crippen molar-refractivity contribution in [2.45, 2.75) is 33.7 Å². The Labute approximate surface area is 124 Å². The minimum Gasteiger partial charge on any atom is -0.306 e. The average molecular weight is 294 g/mol. The fourth-order valence-electron chi connectivity index (χ4n) is 2.68. The monoisotopic (exact) mass is 293 g/mol. The first-order valence-corrected chi connectivity index (χ1v) is 7.78. The van der Waals surface area contributed by atoms with Gasteiger partial charge in [0.05, 0.1) is 10.4 Å². The van der Waals surface area contributed by atoms with Gasteiger partial charge in [-0.05, 0) is 56.1 Å². The van der Waals surface area contributed by atoms with Crippen LogP contribution in [0.15, 0.2) is 24.3 Å². The molecule has 0 saturated heterocycles.